The summed E-state index contributed by atoms with van der Waals surface area (Å²) < 4.78 is 15.5. The van der Waals surface area contributed by atoms with Gasteiger partial charge in [0.1, 0.15) is 5.76 Å². The molecule has 0 saturated heterocycles. The molecule has 0 bridgehead atoms. The Bertz CT molecular complexity index is 1840. The summed E-state index contributed by atoms with van der Waals surface area (Å²) in [6.45, 7) is 11.9. The minimum atomic E-state index is -0.269. The zero-order valence-electron chi connectivity index (χ0n) is 29.4. The number of aromatic nitrogens is 1. The van der Waals surface area contributed by atoms with Crippen LogP contribution in [-0.4, -0.2) is 10.8 Å². The van der Waals surface area contributed by atoms with Crippen molar-refractivity contribution in [2.24, 2.45) is 5.92 Å². The minimum absolute atomic E-state index is 0.151. The molecule has 1 aliphatic carbocycles. The zero-order valence-corrected chi connectivity index (χ0v) is 32.7. The largest absolute Gasteiger partial charge is 0.402 e. The fraction of sp³-hybridized carbons (Fsp3) is 0.238. The van der Waals surface area contributed by atoms with Gasteiger partial charge in [-0.05, 0) is 97.8 Å². The van der Waals surface area contributed by atoms with Crippen LogP contribution in [0.1, 0.15) is 59.9 Å². The second-order valence-corrected chi connectivity index (χ2v) is 15.9. The van der Waals surface area contributed by atoms with E-state index < -0.39 is 0 Å². The molecular weight excluding hydrogens is 698 g/mol. The summed E-state index contributed by atoms with van der Waals surface area (Å²) in [7, 11) is 0. The van der Waals surface area contributed by atoms with Crippen LogP contribution in [0.25, 0.3) is 11.3 Å². The molecular formula is C42H44FNO2S4. The van der Waals surface area contributed by atoms with Crippen molar-refractivity contribution >= 4 is 53.5 Å². The van der Waals surface area contributed by atoms with E-state index in [2.05, 4.69) is 147 Å². The molecule has 0 radical (unpaired) electrons. The maximum absolute atomic E-state index is 11.2. The second-order valence-electron chi connectivity index (χ2n) is 12.2. The molecule has 1 fully saturated rings. The number of allylic oxidation sites excluding steroid dienone is 2. The molecule has 8 heteroatoms. The van der Waals surface area contributed by atoms with E-state index in [-0.39, 0.29) is 29.4 Å². The van der Waals surface area contributed by atoms with E-state index in [4.69, 9.17) is 4.98 Å². The Labute approximate surface area is 314 Å². The molecule has 1 aliphatic rings. The molecule has 1 unspecified atom stereocenters. The van der Waals surface area contributed by atoms with Gasteiger partial charge < -0.3 is 4.18 Å². The van der Waals surface area contributed by atoms with Crippen LogP contribution in [-0.2, 0) is 14.4 Å². The average molecular weight is 742 g/mol. The first kappa shape index (κ1) is 39.4. The van der Waals surface area contributed by atoms with Crippen LogP contribution >= 0.6 is 47.7 Å². The van der Waals surface area contributed by atoms with Crippen LogP contribution < -0.4 is 0 Å². The van der Waals surface area contributed by atoms with Crippen molar-refractivity contribution in [2.75, 3.05) is 0 Å². The highest BCUT2D eigenvalue weighted by atomic mass is 32.2. The first-order chi connectivity index (χ1) is 24.2. The molecule has 3 nitrogen and oxygen atoms in total. The van der Waals surface area contributed by atoms with E-state index in [0.717, 1.165) is 5.69 Å². The predicted octanol–water partition coefficient (Wildman–Crippen LogP) is 13.9. The smallest absolute Gasteiger partial charge is 0.271 e. The fourth-order valence-corrected chi connectivity index (χ4v) is 8.29. The van der Waals surface area contributed by atoms with Crippen LogP contribution in [0.4, 0.5) is 3.89 Å². The predicted molar refractivity (Wildman–Crippen MR) is 213 cm³/mol. The number of pyridine rings is 1. The summed E-state index contributed by atoms with van der Waals surface area (Å²) >= 11 is 5.21. The first-order valence-corrected chi connectivity index (χ1v) is 19.7. The number of carbonyl (C=O) groups excluding carboxylic acids is 1. The number of carbonyl (C=O) groups is 1. The number of halogens is 1. The number of rotatable bonds is 11. The third-order valence-corrected chi connectivity index (χ3v) is 11.2. The Hall–Kier alpha value is -3.43. The van der Waals surface area contributed by atoms with Crippen molar-refractivity contribution in [3.05, 3.63) is 139 Å². The van der Waals surface area contributed by atoms with E-state index in [9.17, 15) is 8.68 Å². The number of nitrogens with zero attached hydrogens (tertiary/aromatic N) is 1. The Balaban J connectivity index is 0.000000405. The highest BCUT2D eigenvalue weighted by Gasteiger charge is 2.49. The van der Waals surface area contributed by atoms with Crippen LogP contribution in [0.3, 0.4) is 0 Å². The molecule has 5 aromatic rings. The summed E-state index contributed by atoms with van der Waals surface area (Å²) in [5.41, 5.74) is 3.90. The topological polar surface area (TPSA) is 39.2 Å². The summed E-state index contributed by atoms with van der Waals surface area (Å²) in [5, 5.41) is 0. The molecule has 0 amide bonds. The van der Waals surface area contributed by atoms with E-state index in [0.29, 0.717) is 5.92 Å². The number of ketones is 1. The summed E-state index contributed by atoms with van der Waals surface area (Å²) in [4.78, 5) is 22.7. The monoisotopic (exact) mass is 741 g/mol. The van der Waals surface area contributed by atoms with Gasteiger partial charge in [-0.15, -0.1) is 3.89 Å². The normalized spacial score (nSPS) is 16.3. The lowest BCUT2D eigenvalue weighted by atomic mass is 9.89. The molecule has 1 saturated carbocycles. The summed E-state index contributed by atoms with van der Waals surface area (Å²) in [5.74, 6) is 0.770. The van der Waals surface area contributed by atoms with Crippen molar-refractivity contribution in [3.8, 4) is 11.3 Å². The Morgan fingerprint density at radius 3 is 1.78 bits per heavy atom. The quantitative estimate of drug-likeness (QED) is 0.0758. The van der Waals surface area contributed by atoms with E-state index >= 15 is 0 Å². The molecule has 50 heavy (non-hydrogen) atoms. The molecule has 0 aliphatic heterocycles. The third kappa shape index (κ3) is 11.8. The van der Waals surface area contributed by atoms with Crippen molar-refractivity contribution in [3.63, 3.8) is 0 Å². The Morgan fingerprint density at radius 2 is 1.30 bits per heavy atom. The Kier molecular flexibility index (Phi) is 15.6. The van der Waals surface area contributed by atoms with Crippen LogP contribution in [0.15, 0.2) is 163 Å². The summed E-state index contributed by atoms with van der Waals surface area (Å²) in [6, 6.07) is 41.1. The number of hydrogen-bond acceptors (Lipinski definition) is 7. The second kappa shape index (κ2) is 19.8. The molecule has 1 aromatic heterocycles. The molecule has 4 aromatic carbocycles. The van der Waals surface area contributed by atoms with E-state index in [1.807, 2.05) is 29.7 Å². The van der Waals surface area contributed by atoms with Gasteiger partial charge in [0.2, 0.25) is 0 Å². The van der Waals surface area contributed by atoms with Crippen LogP contribution in [0.2, 0.25) is 0 Å². The first-order valence-electron chi connectivity index (χ1n) is 16.6. The van der Waals surface area contributed by atoms with Gasteiger partial charge in [-0.1, -0.05) is 124 Å². The molecule has 6 rings (SSSR count). The lowest BCUT2D eigenvalue weighted by molar-refractivity contribution is -0.112. The summed E-state index contributed by atoms with van der Waals surface area (Å²) in [6.07, 6.45) is 5.63. The third-order valence-electron chi connectivity index (χ3n) is 7.83. The van der Waals surface area contributed by atoms with Gasteiger partial charge in [0.25, 0.3) is 12.4 Å². The van der Waals surface area contributed by atoms with Gasteiger partial charge in [0.15, 0.2) is 5.78 Å². The fourth-order valence-electron chi connectivity index (χ4n) is 5.23. The van der Waals surface area contributed by atoms with Crippen molar-refractivity contribution in [1.82, 2.24) is 4.98 Å². The maximum Gasteiger partial charge on any atom is 0.271 e. The number of benzene rings is 4. The van der Waals surface area contributed by atoms with Crippen molar-refractivity contribution < 1.29 is 12.9 Å². The van der Waals surface area contributed by atoms with Crippen molar-refractivity contribution in [1.29, 1.82) is 0 Å². The van der Waals surface area contributed by atoms with E-state index in [1.165, 1.54) is 73.3 Å². The van der Waals surface area contributed by atoms with Crippen molar-refractivity contribution in [2.45, 2.75) is 89.2 Å². The lowest BCUT2D eigenvalue weighted by Crippen LogP contribution is -2.08. The highest BCUT2D eigenvalue weighted by Crippen LogP contribution is 2.58. The number of hydrogen-bond donors (Lipinski definition) is 0. The van der Waals surface area contributed by atoms with Crippen LogP contribution in [0, 0.1) is 5.92 Å². The standard InChI is InChI=1S/C34H29NS3.C5H7FO2S.C3H8/c1-24-23-34(24,2)30-20-29(37-26-14-8-4-9-15-26)22-32(38-27-16-10-5-11-17-27)33(30)31-21-28(18-19-35-31)36-25-12-6-3-7-13-25;1-4(7)3-5(2)8-9-6;1-3-2/h3-22,24H,23H2,1-2H3;3H,1-2H3;3H2,1-2H3/b;5-3-;/t24-,34?;;/m0../s1. The molecule has 0 spiro atoms. The average Bonchev–Trinajstić information content (AvgIpc) is 3.73. The Morgan fingerprint density at radius 1 is 0.800 bits per heavy atom. The zero-order chi connectivity index (χ0) is 35.9. The SMILES string of the molecule is CC(=O)/C=C(/C)OSF.CCC.C[C@H]1CC1(C)c1cc(Sc2ccccc2)cc(Sc2ccccc2)c1-c1cc(Sc2ccccc2)ccn1. The molecule has 2 atom stereocenters. The molecule has 1 heterocycles. The van der Waals surface area contributed by atoms with Crippen LogP contribution in [0.5, 0.6) is 0 Å². The lowest BCUT2D eigenvalue weighted by Gasteiger charge is -2.22. The maximum atomic E-state index is 11.2. The van der Waals surface area contributed by atoms with Gasteiger partial charge in [0, 0.05) is 47.2 Å². The highest BCUT2D eigenvalue weighted by molar-refractivity contribution is 8.00. The van der Waals surface area contributed by atoms with Gasteiger partial charge in [0.05, 0.1) is 5.69 Å². The molecule has 260 valence electrons. The molecule has 0 N–H and O–H groups in total. The van der Waals surface area contributed by atoms with Gasteiger partial charge >= 0.3 is 0 Å². The minimum Gasteiger partial charge on any atom is -0.402 e. The van der Waals surface area contributed by atoms with Gasteiger partial charge in [-0.25, -0.2) is 0 Å². The van der Waals surface area contributed by atoms with E-state index in [1.54, 1.807) is 11.8 Å². The van der Waals surface area contributed by atoms with Gasteiger partial charge in [-0.2, -0.15) is 0 Å². The van der Waals surface area contributed by atoms with Gasteiger partial charge in [-0.3, -0.25) is 9.78 Å².